The molecule has 1 aromatic heterocycles. The number of aliphatic hydroxyl groups excluding tert-OH is 1. The lowest BCUT2D eigenvalue weighted by molar-refractivity contribution is -0.142. The molecule has 0 saturated carbocycles. The molecule has 1 rings (SSSR count). The summed E-state index contributed by atoms with van der Waals surface area (Å²) in [7, 11) is 3.79. The number of aryl methyl sites for hydroxylation is 1. The monoisotopic (exact) mass is 258 g/mol. The van der Waals surface area contributed by atoms with Gasteiger partial charge in [-0.3, -0.25) is 9.36 Å². The Hall–Kier alpha value is -2.16. The maximum Gasteiger partial charge on any atom is 0.346 e. The molecule has 0 fully saturated rings. The summed E-state index contributed by atoms with van der Waals surface area (Å²) in [6.07, 6.45) is 0. The van der Waals surface area contributed by atoms with Crippen LogP contribution in [0.5, 0.6) is 0 Å². The topological polar surface area (TPSA) is 115 Å². The van der Waals surface area contributed by atoms with E-state index in [1.54, 1.807) is 0 Å². The first-order valence-corrected chi connectivity index (χ1v) is 5.02. The number of hydrogen-bond donors (Lipinski definition) is 2. The van der Waals surface area contributed by atoms with Crippen molar-refractivity contribution in [1.82, 2.24) is 14.3 Å². The number of anilines is 1. The lowest BCUT2D eigenvalue weighted by Crippen LogP contribution is -2.43. The third kappa shape index (κ3) is 2.56. The largest absolute Gasteiger partial charge is 0.467 e. The predicted octanol–water partition coefficient (Wildman–Crippen LogP) is -2.58. The van der Waals surface area contributed by atoms with Crippen LogP contribution in [0.4, 0.5) is 5.82 Å². The number of aliphatic hydroxyl groups is 1. The van der Waals surface area contributed by atoms with Gasteiger partial charge in [-0.05, 0) is 0 Å². The van der Waals surface area contributed by atoms with Crippen molar-refractivity contribution in [3.63, 3.8) is 0 Å². The van der Waals surface area contributed by atoms with Gasteiger partial charge in [0.05, 0.1) is 13.7 Å². The summed E-state index contributed by atoms with van der Waals surface area (Å²) in [4.78, 5) is 34.3. The molecule has 0 aromatic carbocycles. The Morgan fingerprint density at radius 3 is 2.61 bits per heavy atom. The summed E-state index contributed by atoms with van der Waals surface area (Å²) in [5.41, 5.74) is -1.29. The minimum Gasteiger partial charge on any atom is -0.467 e. The molecule has 1 aromatic rings. The highest BCUT2D eigenvalue weighted by Crippen LogP contribution is 1.97. The van der Waals surface area contributed by atoms with Crippen LogP contribution in [0.15, 0.2) is 9.59 Å². The quantitative estimate of drug-likeness (QED) is 0.570. The van der Waals surface area contributed by atoms with E-state index in [1.807, 2.05) is 0 Å². The summed E-state index contributed by atoms with van der Waals surface area (Å²) < 4.78 is 6.21. The van der Waals surface area contributed by atoms with E-state index < -0.39 is 29.9 Å². The van der Waals surface area contributed by atoms with Crippen LogP contribution in [0.1, 0.15) is 0 Å². The number of nitrogens with zero attached hydrogens (tertiary/aromatic N) is 3. The minimum atomic E-state index is -1.12. The molecule has 0 saturated heterocycles. The lowest BCUT2D eigenvalue weighted by atomic mass is 10.3. The van der Waals surface area contributed by atoms with Gasteiger partial charge in [0, 0.05) is 14.1 Å². The van der Waals surface area contributed by atoms with Gasteiger partial charge in [0.2, 0.25) is 5.82 Å². The molecule has 0 radical (unpaired) electrons. The van der Waals surface area contributed by atoms with Crippen molar-refractivity contribution in [3.05, 3.63) is 20.8 Å². The Kier molecular flexibility index (Phi) is 4.21. The van der Waals surface area contributed by atoms with E-state index in [4.69, 9.17) is 5.11 Å². The highest BCUT2D eigenvalue weighted by Gasteiger charge is 2.20. The smallest absolute Gasteiger partial charge is 0.346 e. The zero-order chi connectivity index (χ0) is 13.9. The van der Waals surface area contributed by atoms with E-state index in [9.17, 15) is 14.4 Å². The third-order valence-electron chi connectivity index (χ3n) is 2.30. The Morgan fingerprint density at radius 2 is 2.11 bits per heavy atom. The molecule has 9 nitrogen and oxygen atoms in total. The summed E-state index contributed by atoms with van der Waals surface area (Å²) in [6, 6.07) is -1.12. The van der Waals surface area contributed by atoms with Gasteiger partial charge >= 0.3 is 11.7 Å². The SMILES string of the molecule is COC(=O)C(CO)Nc1nn(C)c(=O)n(C)c1=O. The Bertz CT molecular complexity index is 561. The van der Waals surface area contributed by atoms with E-state index >= 15 is 0 Å². The first-order chi connectivity index (χ1) is 8.42. The number of ether oxygens (including phenoxy) is 1. The fourth-order valence-electron chi connectivity index (χ4n) is 1.28. The van der Waals surface area contributed by atoms with Crippen LogP contribution in [0, 0.1) is 0 Å². The van der Waals surface area contributed by atoms with Gasteiger partial charge in [-0.15, -0.1) is 5.10 Å². The van der Waals surface area contributed by atoms with E-state index in [-0.39, 0.29) is 5.82 Å². The second-order valence-corrected chi connectivity index (χ2v) is 3.52. The highest BCUT2D eigenvalue weighted by atomic mass is 16.5. The second kappa shape index (κ2) is 5.45. The number of hydrogen-bond acceptors (Lipinski definition) is 7. The molecule has 1 atom stereocenters. The fraction of sp³-hybridized carbons (Fsp3) is 0.556. The maximum atomic E-state index is 11.7. The highest BCUT2D eigenvalue weighted by molar-refractivity contribution is 5.78. The van der Waals surface area contributed by atoms with Crippen molar-refractivity contribution in [2.75, 3.05) is 19.0 Å². The van der Waals surface area contributed by atoms with Gasteiger partial charge < -0.3 is 15.2 Å². The summed E-state index contributed by atoms with van der Waals surface area (Å²) in [5, 5.41) is 15.1. The van der Waals surface area contributed by atoms with Gasteiger partial charge in [0.25, 0.3) is 5.56 Å². The molecular formula is C9H14N4O5. The van der Waals surface area contributed by atoms with Crippen LogP contribution in [0.3, 0.4) is 0 Å². The Morgan fingerprint density at radius 1 is 1.50 bits per heavy atom. The van der Waals surface area contributed by atoms with Crippen LogP contribution >= 0.6 is 0 Å². The molecule has 0 aliphatic rings. The Labute approximate surface area is 102 Å². The molecule has 0 aliphatic heterocycles. The van der Waals surface area contributed by atoms with Crippen LogP contribution in [-0.4, -0.2) is 45.2 Å². The molecule has 1 unspecified atom stereocenters. The summed E-state index contributed by atoms with van der Waals surface area (Å²) in [5.74, 6) is -0.959. The van der Waals surface area contributed by atoms with E-state index in [0.717, 1.165) is 16.4 Å². The van der Waals surface area contributed by atoms with Gasteiger partial charge in [0.1, 0.15) is 6.04 Å². The molecule has 1 heterocycles. The predicted molar refractivity (Wildman–Crippen MR) is 61.2 cm³/mol. The minimum absolute atomic E-state index is 0.218. The molecule has 18 heavy (non-hydrogen) atoms. The molecule has 0 spiro atoms. The standard InChI is InChI=1S/C9H14N4O5/c1-12-7(15)6(11-13(2)9(12)17)10-5(4-14)8(16)18-3/h5,14H,4H2,1-3H3,(H,10,11). The van der Waals surface area contributed by atoms with Crippen LogP contribution in [0.2, 0.25) is 0 Å². The first-order valence-electron chi connectivity index (χ1n) is 5.02. The van der Waals surface area contributed by atoms with Crippen molar-refractivity contribution in [2.45, 2.75) is 6.04 Å². The van der Waals surface area contributed by atoms with Gasteiger partial charge in [-0.2, -0.15) is 0 Å². The zero-order valence-corrected chi connectivity index (χ0v) is 10.2. The second-order valence-electron chi connectivity index (χ2n) is 3.52. The molecule has 0 amide bonds. The number of rotatable bonds is 4. The van der Waals surface area contributed by atoms with Crippen molar-refractivity contribution in [2.24, 2.45) is 14.1 Å². The first kappa shape index (κ1) is 13.9. The molecular weight excluding hydrogens is 244 g/mol. The van der Waals surface area contributed by atoms with Gasteiger partial charge in [-0.25, -0.2) is 14.3 Å². The van der Waals surface area contributed by atoms with Gasteiger partial charge in [0.15, 0.2) is 0 Å². The summed E-state index contributed by atoms with van der Waals surface area (Å²) >= 11 is 0. The van der Waals surface area contributed by atoms with Crippen molar-refractivity contribution in [1.29, 1.82) is 0 Å². The van der Waals surface area contributed by atoms with E-state index in [2.05, 4.69) is 15.2 Å². The molecule has 100 valence electrons. The molecule has 0 aliphatic carbocycles. The lowest BCUT2D eigenvalue weighted by Gasteiger charge is -2.14. The van der Waals surface area contributed by atoms with Crippen molar-refractivity contribution >= 4 is 11.8 Å². The zero-order valence-electron chi connectivity index (χ0n) is 10.2. The van der Waals surface area contributed by atoms with Crippen molar-refractivity contribution in [3.8, 4) is 0 Å². The van der Waals surface area contributed by atoms with Crippen LogP contribution in [0.25, 0.3) is 0 Å². The average molecular weight is 258 g/mol. The fourth-order valence-corrected chi connectivity index (χ4v) is 1.28. The number of carbonyl (C=O) groups is 1. The summed E-state index contributed by atoms with van der Waals surface area (Å²) in [6.45, 7) is -0.569. The van der Waals surface area contributed by atoms with E-state index in [0.29, 0.717) is 0 Å². The molecule has 9 heteroatoms. The van der Waals surface area contributed by atoms with Gasteiger partial charge in [-0.1, -0.05) is 0 Å². The van der Waals surface area contributed by atoms with E-state index in [1.165, 1.54) is 14.1 Å². The van der Waals surface area contributed by atoms with Crippen LogP contribution < -0.4 is 16.6 Å². The number of esters is 1. The number of carbonyl (C=O) groups excluding carboxylic acids is 1. The maximum absolute atomic E-state index is 11.7. The number of aromatic nitrogens is 3. The molecule has 0 bridgehead atoms. The Balaban J connectivity index is 3.16. The average Bonchev–Trinajstić information content (AvgIpc) is 2.38. The normalized spacial score (nSPS) is 12.0. The van der Waals surface area contributed by atoms with Crippen molar-refractivity contribution < 1.29 is 14.6 Å². The molecule has 2 N–H and O–H groups in total. The number of nitrogens with one attached hydrogen (secondary N) is 1. The number of methoxy groups -OCH3 is 1. The third-order valence-corrected chi connectivity index (χ3v) is 2.30. The van der Waals surface area contributed by atoms with Crippen LogP contribution in [-0.2, 0) is 23.6 Å².